The van der Waals surface area contributed by atoms with E-state index in [1.54, 1.807) is 0 Å². The molecule has 1 saturated heterocycles. The van der Waals surface area contributed by atoms with Crippen LogP contribution in [0.15, 0.2) is 24.3 Å². The maximum absolute atomic E-state index is 11.9. The van der Waals surface area contributed by atoms with Gasteiger partial charge in [0.15, 0.2) is 0 Å². The normalized spacial score (nSPS) is 18.0. The molecule has 0 spiro atoms. The Morgan fingerprint density at radius 1 is 1.39 bits per heavy atom. The number of likely N-dealkylation sites (N-methyl/N-ethyl adjacent to an activating group) is 1. The van der Waals surface area contributed by atoms with Crippen LogP contribution < -0.4 is 15.4 Å². The van der Waals surface area contributed by atoms with E-state index in [0.29, 0.717) is 26.2 Å². The fourth-order valence-electron chi connectivity index (χ4n) is 2.30. The average Bonchev–Trinajstić information content (AvgIpc) is 2.55. The Balaban J connectivity index is 1.67. The number of carbonyl (C=O) groups excluding carboxylic acids is 1. The van der Waals surface area contributed by atoms with E-state index in [-0.39, 0.29) is 11.9 Å². The van der Waals surface area contributed by atoms with E-state index in [0.717, 1.165) is 31.0 Å². The van der Waals surface area contributed by atoms with Gasteiger partial charge in [0.25, 0.3) is 0 Å². The number of nitrogens with one attached hydrogen (secondary N) is 2. The second-order valence-electron chi connectivity index (χ2n) is 6.00. The Morgan fingerprint density at radius 3 is 2.83 bits per heavy atom. The van der Waals surface area contributed by atoms with Crippen molar-refractivity contribution in [2.75, 3.05) is 47.0 Å². The first-order valence-electron chi connectivity index (χ1n) is 8.08. The smallest absolute Gasteiger partial charge is 0.221 e. The Hall–Kier alpha value is -1.63. The standard InChI is InChI=1S/C17H27N3O3/c1-20(2)8-10-23-16-5-3-14(4-6-16)12-19-17(21)11-15-13-22-9-7-18-15/h3-6,15,18H,7-13H2,1-2H3,(H,19,21). The van der Waals surface area contributed by atoms with Crippen LogP contribution in [0.3, 0.4) is 0 Å². The van der Waals surface area contributed by atoms with Gasteiger partial charge >= 0.3 is 0 Å². The minimum atomic E-state index is 0.0410. The number of hydrogen-bond acceptors (Lipinski definition) is 5. The number of nitrogens with zero attached hydrogens (tertiary/aromatic N) is 1. The first-order valence-corrected chi connectivity index (χ1v) is 8.08. The van der Waals surface area contributed by atoms with Crippen LogP contribution in [-0.4, -0.2) is 63.9 Å². The molecule has 1 heterocycles. The minimum Gasteiger partial charge on any atom is -0.492 e. The Labute approximate surface area is 138 Å². The summed E-state index contributed by atoms with van der Waals surface area (Å²) in [5, 5.41) is 6.22. The minimum absolute atomic E-state index is 0.0410. The quantitative estimate of drug-likeness (QED) is 0.735. The highest BCUT2D eigenvalue weighted by Gasteiger charge is 2.16. The molecule has 1 aliphatic heterocycles. The summed E-state index contributed by atoms with van der Waals surface area (Å²) in [5.41, 5.74) is 1.06. The van der Waals surface area contributed by atoms with Crippen molar-refractivity contribution in [3.63, 3.8) is 0 Å². The first-order chi connectivity index (χ1) is 11.1. The van der Waals surface area contributed by atoms with Crippen molar-refractivity contribution in [3.05, 3.63) is 29.8 Å². The predicted molar refractivity (Wildman–Crippen MR) is 89.6 cm³/mol. The fourth-order valence-corrected chi connectivity index (χ4v) is 2.30. The van der Waals surface area contributed by atoms with Gasteiger partial charge in [0, 0.05) is 32.1 Å². The molecule has 1 amide bonds. The second-order valence-corrected chi connectivity index (χ2v) is 6.00. The van der Waals surface area contributed by atoms with Crippen LogP contribution in [0.25, 0.3) is 0 Å². The maximum Gasteiger partial charge on any atom is 0.221 e. The lowest BCUT2D eigenvalue weighted by Gasteiger charge is -2.23. The third-order valence-corrected chi connectivity index (χ3v) is 3.65. The van der Waals surface area contributed by atoms with Gasteiger partial charge in [-0.05, 0) is 31.8 Å². The number of rotatable bonds is 8. The molecule has 1 aromatic carbocycles. The summed E-state index contributed by atoms with van der Waals surface area (Å²) in [5.74, 6) is 0.893. The molecule has 6 nitrogen and oxygen atoms in total. The molecular weight excluding hydrogens is 294 g/mol. The molecule has 128 valence electrons. The third-order valence-electron chi connectivity index (χ3n) is 3.65. The Morgan fingerprint density at radius 2 is 2.17 bits per heavy atom. The average molecular weight is 321 g/mol. The van der Waals surface area contributed by atoms with E-state index in [1.165, 1.54) is 0 Å². The molecule has 1 fully saturated rings. The summed E-state index contributed by atoms with van der Waals surface area (Å²) in [6.45, 7) is 4.22. The lowest BCUT2D eigenvalue weighted by molar-refractivity contribution is -0.122. The topological polar surface area (TPSA) is 62.8 Å². The van der Waals surface area contributed by atoms with Crippen LogP contribution in [0, 0.1) is 0 Å². The molecule has 23 heavy (non-hydrogen) atoms. The molecule has 2 rings (SSSR count). The van der Waals surface area contributed by atoms with Gasteiger partial charge in [-0.1, -0.05) is 12.1 Å². The van der Waals surface area contributed by atoms with E-state index in [2.05, 4.69) is 15.5 Å². The molecule has 1 atom stereocenters. The van der Waals surface area contributed by atoms with Crippen LogP contribution in [0.4, 0.5) is 0 Å². The van der Waals surface area contributed by atoms with Crippen LogP contribution >= 0.6 is 0 Å². The molecule has 1 aromatic rings. The molecule has 0 bridgehead atoms. The van der Waals surface area contributed by atoms with Crippen LogP contribution in [0.5, 0.6) is 5.75 Å². The summed E-state index contributed by atoms with van der Waals surface area (Å²) in [4.78, 5) is 14.0. The number of benzene rings is 1. The van der Waals surface area contributed by atoms with E-state index >= 15 is 0 Å². The molecule has 0 radical (unpaired) electrons. The van der Waals surface area contributed by atoms with Crippen LogP contribution in [-0.2, 0) is 16.1 Å². The van der Waals surface area contributed by atoms with E-state index in [9.17, 15) is 4.79 Å². The molecule has 0 aromatic heterocycles. The predicted octanol–water partition coefficient (Wildman–Crippen LogP) is 0.622. The van der Waals surface area contributed by atoms with Gasteiger partial charge in [0.1, 0.15) is 12.4 Å². The third kappa shape index (κ3) is 6.99. The molecule has 2 N–H and O–H groups in total. The van der Waals surface area contributed by atoms with Gasteiger partial charge in [-0.2, -0.15) is 0 Å². The summed E-state index contributed by atoms with van der Waals surface area (Å²) < 4.78 is 11.0. The molecule has 1 aliphatic rings. The number of carbonyl (C=O) groups is 1. The summed E-state index contributed by atoms with van der Waals surface area (Å²) >= 11 is 0. The molecule has 0 aliphatic carbocycles. The summed E-state index contributed by atoms with van der Waals surface area (Å²) in [6.07, 6.45) is 0.450. The van der Waals surface area contributed by atoms with Gasteiger partial charge < -0.3 is 25.0 Å². The zero-order valence-electron chi connectivity index (χ0n) is 14.0. The highest BCUT2D eigenvalue weighted by atomic mass is 16.5. The van der Waals surface area contributed by atoms with Gasteiger partial charge in [-0.3, -0.25) is 4.79 Å². The fraction of sp³-hybridized carbons (Fsp3) is 0.588. The summed E-state index contributed by atoms with van der Waals surface area (Å²) in [7, 11) is 4.04. The van der Waals surface area contributed by atoms with Crippen molar-refractivity contribution < 1.29 is 14.3 Å². The van der Waals surface area contributed by atoms with E-state index < -0.39 is 0 Å². The largest absolute Gasteiger partial charge is 0.492 e. The zero-order valence-corrected chi connectivity index (χ0v) is 14.0. The van der Waals surface area contributed by atoms with Gasteiger partial charge in [-0.25, -0.2) is 0 Å². The maximum atomic E-state index is 11.9. The van der Waals surface area contributed by atoms with Crippen molar-refractivity contribution in [2.45, 2.75) is 19.0 Å². The van der Waals surface area contributed by atoms with Gasteiger partial charge in [0.2, 0.25) is 5.91 Å². The lowest BCUT2D eigenvalue weighted by Crippen LogP contribution is -2.44. The number of ether oxygens (including phenoxy) is 2. The van der Waals surface area contributed by atoms with Crippen molar-refractivity contribution >= 4 is 5.91 Å². The molecular formula is C17H27N3O3. The van der Waals surface area contributed by atoms with Crippen molar-refractivity contribution in [1.82, 2.24) is 15.5 Å². The Kier molecular flexibility index (Phi) is 7.32. The highest BCUT2D eigenvalue weighted by Crippen LogP contribution is 2.12. The zero-order chi connectivity index (χ0) is 16.5. The lowest BCUT2D eigenvalue weighted by atomic mass is 10.1. The van der Waals surface area contributed by atoms with Crippen molar-refractivity contribution in [2.24, 2.45) is 0 Å². The van der Waals surface area contributed by atoms with Gasteiger partial charge in [0.05, 0.1) is 13.2 Å². The first kappa shape index (κ1) is 17.7. The van der Waals surface area contributed by atoms with Gasteiger partial charge in [-0.15, -0.1) is 0 Å². The van der Waals surface area contributed by atoms with Crippen LogP contribution in [0.2, 0.25) is 0 Å². The number of amides is 1. The van der Waals surface area contributed by atoms with E-state index in [1.807, 2.05) is 38.4 Å². The molecule has 1 unspecified atom stereocenters. The van der Waals surface area contributed by atoms with Crippen molar-refractivity contribution in [1.29, 1.82) is 0 Å². The monoisotopic (exact) mass is 321 g/mol. The number of morpholine rings is 1. The SMILES string of the molecule is CN(C)CCOc1ccc(CNC(=O)CC2COCCN2)cc1. The van der Waals surface area contributed by atoms with Crippen LogP contribution in [0.1, 0.15) is 12.0 Å². The van der Waals surface area contributed by atoms with Crippen molar-refractivity contribution in [3.8, 4) is 5.75 Å². The number of hydrogen-bond donors (Lipinski definition) is 2. The van der Waals surface area contributed by atoms with E-state index in [4.69, 9.17) is 9.47 Å². The second kappa shape index (κ2) is 9.50. The Bertz CT molecular complexity index is 470. The summed E-state index contributed by atoms with van der Waals surface area (Å²) in [6, 6.07) is 7.96. The molecule has 0 saturated carbocycles. The highest BCUT2D eigenvalue weighted by molar-refractivity contribution is 5.76. The molecule has 6 heteroatoms.